The number of nitrogens with zero attached hydrogens (tertiary/aromatic N) is 3. The molecular weight excluding hydrogens is 389 g/mol. The van der Waals surface area contributed by atoms with Crippen LogP contribution in [0.5, 0.6) is 0 Å². The van der Waals surface area contributed by atoms with Crippen molar-refractivity contribution in [1.29, 1.82) is 0 Å². The Morgan fingerprint density at radius 1 is 1.15 bits per heavy atom. The van der Waals surface area contributed by atoms with E-state index >= 15 is 0 Å². The highest BCUT2D eigenvalue weighted by atomic mass is 35.5. The van der Waals surface area contributed by atoms with E-state index in [1.165, 1.54) is 12.1 Å². The fourth-order valence-electron chi connectivity index (χ4n) is 2.60. The lowest BCUT2D eigenvalue weighted by molar-refractivity contribution is 0.627. The van der Waals surface area contributed by atoms with Crippen molar-refractivity contribution in [3.63, 3.8) is 0 Å². The van der Waals surface area contributed by atoms with Crippen LogP contribution in [0.3, 0.4) is 0 Å². The van der Waals surface area contributed by atoms with Crippen molar-refractivity contribution in [1.82, 2.24) is 14.6 Å². The maximum absolute atomic E-state index is 13.0. The Balaban J connectivity index is 1.80. The topological polar surface area (TPSA) is 64.3 Å². The Morgan fingerprint density at radius 2 is 1.93 bits per heavy atom. The van der Waals surface area contributed by atoms with E-state index in [0.29, 0.717) is 15.1 Å². The van der Waals surface area contributed by atoms with E-state index in [9.17, 15) is 14.0 Å². The molecule has 0 unspecified atom stereocenters. The van der Waals surface area contributed by atoms with Crippen molar-refractivity contribution in [3.8, 4) is 0 Å². The molecule has 2 aromatic heterocycles. The first-order valence-corrected chi connectivity index (χ1v) is 9.13. The molecule has 0 aliphatic rings. The van der Waals surface area contributed by atoms with Gasteiger partial charge in [-0.3, -0.25) is 9.59 Å². The van der Waals surface area contributed by atoms with Crippen molar-refractivity contribution in [2.45, 2.75) is 6.42 Å². The molecule has 134 valence electrons. The van der Waals surface area contributed by atoms with Gasteiger partial charge >= 0.3 is 0 Å². The van der Waals surface area contributed by atoms with Crippen LogP contribution in [0.25, 0.3) is 11.0 Å². The summed E-state index contributed by atoms with van der Waals surface area (Å²) in [6, 6.07) is 12.8. The summed E-state index contributed by atoms with van der Waals surface area (Å²) >= 11 is 7.05. The molecule has 0 saturated carbocycles. The van der Waals surface area contributed by atoms with Crippen LogP contribution in [0, 0.1) is 5.82 Å². The van der Waals surface area contributed by atoms with Crippen molar-refractivity contribution in [3.05, 3.63) is 101 Å². The fraction of sp³-hybridized carbons (Fsp3) is 0.0526. The molecule has 0 aliphatic carbocycles. The highest BCUT2D eigenvalue weighted by molar-refractivity contribution is 7.15. The smallest absolute Gasteiger partial charge is 0.266 e. The number of thiazole rings is 1. The molecule has 8 heteroatoms. The molecule has 0 aliphatic heterocycles. The van der Waals surface area contributed by atoms with Gasteiger partial charge in [-0.25, -0.2) is 4.39 Å². The van der Waals surface area contributed by atoms with Crippen molar-refractivity contribution >= 4 is 34.0 Å². The highest BCUT2D eigenvalue weighted by Gasteiger charge is 2.12. The van der Waals surface area contributed by atoms with Crippen molar-refractivity contribution in [2.75, 3.05) is 0 Å². The van der Waals surface area contributed by atoms with E-state index in [1.54, 1.807) is 36.4 Å². The zero-order valence-electron chi connectivity index (χ0n) is 13.7. The summed E-state index contributed by atoms with van der Waals surface area (Å²) in [4.78, 5) is 29.1. The number of hydrogen-bond acceptors (Lipinski definition) is 5. The van der Waals surface area contributed by atoms with E-state index < -0.39 is 5.56 Å². The average Bonchev–Trinajstić information content (AvgIpc) is 2.92. The summed E-state index contributed by atoms with van der Waals surface area (Å²) in [5.74, 6) is -0.363. The van der Waals surface area contributed by atoms with Crippen LogP contribution < -0.4 is 15.7 Å². The second kappa shape index (κ2) is 7.02. The molecule has 0 saturated heterocycles. The predicted molar refractivity (Wildman–Crippen MR) is 103 cm³/mol. The molecule has 2 heterocycles. The quantitative estimate of drug-likeness (QED) is 0.531. The Labute approximate surface area is 161 Å². The van der Waals surface area contributed by atoms with Crippen LogP contribution in [-0.2, 0) is 6.42 Å². The normalized spacial score (nSPS) is 12.0. The first kappa shape index (κ1) is 17.5. The van der Waals surface area contributed by atoms with Crippen LogP contribution in [0.2, 0.25) is 5.02 Å². The molecule has 0 atom stereocenters. The molecule has 4 aromatic rings. The maximum atomic E-state index is 13.0. The Bertz CT molecular complexity index is 1320. The van der Waals surface area contributed by atoms with Crippen molar-refractivity contribution < 1.29 is 4.39 Å². The third-order valence-electron chi connectivity index (χ3n) is 3.88. The number of rotatable bonds is 3. The van der Waals surface area contributed by atoms with Gasteiger partial charge in [-0.2, -0.15) is 14.6 Å². The summed E-state index contributed by atoms with van der Waals surface area (Å²) in [6.45, 7) is 0. The minimum atomic E-state index is -0.505. The van der Waals surface area contributed by atoms with Gasteiger partial charge in [-0.1, -0.05) is 47.2 Å². The molecule has 2 aromatic carbocycles. The standard InChI is InChI=1S/C19H11ClFN3O2S/c20-13-3-1-2-12(8-13)10-16-18(26)24-19(27-16)22-17(25)15(23-24)9-11-4-6-14(21)7-5-11/h1-8,10H,9H2/b16-10+. The maximum Gasteiger partial charge on any atom is 0.296 e. The summed E-state index contributed by atoms with van der Waals surface area (Å²) in [7, 11) is 0. The largest absolute Gasteiger partial charge is 0.296 e. The third-order valence-corrected chi connectivity index (χ3v) is 5.08. The molecule has 5 nitrogen and oxygen atoms in total. The molecule has 0 spiro atoms. The summed E-state index contributed by atoms with van der Waals surface area (Å²) in [5, 5.41) is 4.73. The molecule has 0 radical (unpaired) electrons. The molecule has 4 rings (SSSR count). The average molecular weight is 400 g/mol. The van der Waals surface area contributed by atoms with E-state index in [0.717, 1.165) is 21.4 Å². The number of hydrogen-bond donors (Lipinski definition) is 0. The minimum Gasteiger partial charge on any atom is -0.266 e. The molecule has 0 bridgehead atoms. The zero-order chi connectivity index (χ0) is 19.0. The van der Waals surface area contributed by atoms with Crippen LogP contribution in [0.15, 0.2) is 58.1 Å². The van der Waals surface area contributed by atoms with Gasteiger partial charge in [0.1, 0.15) is 11.5 Å². The van der Waals surface area contributed by atoms with Crippen LogP contribution in [0.1, 0.15) is 16.8 Å². The SMILES string of the molecule is O=c1nc2s/c(=C/c3cccc(Cl)c3)c(=O)n2nc1Cc1ccc(F)cc1. The van der Waals surface area contributed by atoms with E-state index in [1.807, 2.05) is 6.07 Å². The first-order chi connectivity index (χ1) is 13.0. The highest BCUT2D eigenvalue weighted by Crippen LogP contribution is 2.11. The lowest BCUT2D eigenvalue weighted by Gasteiger charge is -2.00. The van der Waals surface area contributed by atoms with Gasteiger partial charge in [0.05, 0.1) is 4.53 Å². The predicted octanol–water partition coefficient (Wildman–Crippen LogP) is 2.44. The van der Waals surface area contributed by atoms with Crippen LogP contribution >= 0.6 is 22.9 Å². The number of benzene rings is 2. The summed E-state index contributed by atoms with van der Waals surface area (Å²) < 4.78 is 14.6. The third kappa shape index (κ3) is 3.65. The zero-order valence-corrected chi connectivity index (χ0v) is 15.3. The monoisotopic (exact) mass is 399 g/mol. The van der Waals surface area contributed by atoms with Gasteiger partial charge in [0.15, 0.2) is 0 Å². The van der Waals surface area contributed by atoms with Gasteiger partial charge in [-0.15, -0.1) is 0 Å². The number of aromatic nitrogens is 3. The van der Waals surface area contributed by atoms with Crippen LogP contribution in [-0.4, -0.2) is 14.6 Å². The molecule has 27 heavy (non-hydrogen) atoms. The lowest BCUT2D eigenvalue weighted by atomic mass is 10.1. The Kier molecular flexibility index (Phi) is 4.55. The molecule has 0 fully saturated rings. The van der Waals surface area contributed by atoms with Gasteiger partial charge in [0.25, 0.3) is 11.1 Å². The number of halogens is 2. The van der Waals surface area contributed by atoms with Gasteiger partial charge < -0.3 is 0 Å². The van der Waals surface area contributed by atoms with E-state index in [2.05, 4.69) is 10.1 Å². The Morgan fingerprint density at radius 3 is 2.67 bits per heavy atom. The van der Waals surface area contributed by atoms with Crippen molar-refractivity contribution in [2.24, 2.45) is 0 Å². The van der Waals surface area contributed by atoms with E-state index in [-0.39, 0.29) is 28.5 Å². The van der Waals surface area contributed by atoms with E-state index in [4.69, 9.17) is 11.6 Å². The van der Waals surface area contributed by atoms with Gasteiger partial charge in [-0.05, 0) is 41.5 Å². The number of fused-ring (bicyclic) bond motifs is 1. The second-order valence-electron chi connectivity index (χ2n) is 5.83. The van der Waals surface area contributed by atoms with Gasteiger partial charge in [0.2, 0.25) is 4.96 Å². The fourth-order valence-corrected chi connectivity index (χ4v) is 3.70. The lowest BCUT2D eigenvalue weighted by Crippen LogP contribution is -2.28. The molecule has 0 N–H and O–H groups in total. The minimum absolute atomic E-state index is 0.128. The first-order valence-electron chi connectivity index (χ1n) is 7.94. The molecule has 0 amide bonds. The molecular formula is C19H11ClFN3O2S. The second-order valence-corrected chi connectivity index (χ2v) is 7.28. The summed E-state index contributed by atoms with van der Waals surface area (Å²) in [5.41, 5.74) is 0.734. The van der Waals surface area contributed by atoms with Gasteiger partial charge in [0, 0.05) is 11.4 Å². The summed E-state index contributed by atoms with van der Waals surface area (Å²) in [6.07, 6.45) is 1.84. The van der Waals surface area contributed by atoms with Crippen LogP contribution in [0.4, 0.5) is 4.39 Å². The Hall–Kier alpha value is -2.90.